The Labute approximate surface area is 123 Å². The van der Waals surface area contributed by atoms with Crippen molar-refractivity contribution in [3.05, 3.63) is 56.4 Å². The second kappa shape index (κ2) is 5.22. The molecule has 2 heterocycles. The van der Waals surface area contributed by atoms with Crippen LogP contribution >= 0.6 is 22.9 Å². The van der Waals surface area contributed by atoms with Gasteiger partial charge in [-0.3, -0.25) is 4.79 Å². The normalized spacial score (nSPS) is 10.9. The van der Waals surface area contributed by atoms with Crippen LogP contribution in [-0.4, -0.2) is 14.6 Å². The summed E-state index contributed by atoms with van der Waals surface area (Å²) in [5.41, 5.74) is 0.377. The zero-order valence-corrected chi connectivity index (χ0v) is 12.1. The van der Waals surface area contributed by atoms with Crippen molar-refractivity contribution in [3.8, 4) is 5.75 Å². The van der Waals surface area contributed by atoms with E-state index in [0.29, 0.717) is 21.4 Å². The zero-order valence-electron chi connectivity index (χ0n) is 10.5. The first-order chi connectivity index (χ1) is 9.61. The fraction of sp³-hybridized carbons (Fsp3) is 0.154. The standard InChI is InChI=1S/C13H10ClN3O2S/c1-8-16-17-12(18)6-10(15-13(17)20-8)7-19-11-4-2-9(14)3-5-11/h2-6H,7H2,1H3. The number of hydrogen-bond donors (Lipinski definition) is 0. The smallest absolute Gasteiger partial charge is 0.275 e. The summed E-state index contributed by atoms with van der Waals surface area (Å²) in [6.07, 6.45) is 0. The third kappa shape index (κ3) is 2.66. The number of rotatable bonds is 3. The zero-order chi connectivity index (χ0) is 14.1. The van der Waals surface area contributed by atoms with Crippen molar-refractivity contribution in [1.82, 2.24) is 14.6 Å². The Bertz CT molecular complexity index is 811. The average molecular weight is 308 g/mol. The molecule has 0 amide bonds. The Balaban J connectivity index is 1.84. The van der Waals surface area contributed by atoms with Crippen LogP contribution in [0, 0.1) is 6.92 Å². The number of fused-ring (bicyclic) bond motifs is 1. The number of aromatic nitrogens is 3. The van der Waals surface area contributed by atoms with Crippen LogP contribution in [0.1, 0.15) is 10.7 Å². The Kier molecular flexibility index (Phi) is 3.42. The van der Waals surface area contributed by atoms with Crippen LogP contribution in [0.4, 0.5) is 0 Å². The van der Waals surface area contributed by atoms with Crippen molar-refractivity contribution >= 4 is 27.9 Å². The highest BCUT2D eigenvalue weighted by atomic mass is 35.5. The van der Waals surface area contributed by atoms with Crippen LogP contribution < -0.4 is 10.3 Å². The third-order valence-electron chi connectivity index (χ3n) is 2.60. The summed E-state index contributed by atoms with van der Waals surface area (Å²) in [5, 5.41) is 5.53. The molecule has 0 saturated carbocycles. The molecule has 0 atom stereocenters. The predicted molar refractivity (Wildman–Crippen MR) is 77.7 cm³/mol. The van der Waals surface area contributed by atoms with Gasteiger partial charge in [0.2, 0.25) is 4.96 Å². The second-order valence-electron chi connectivity index (χ2n) is 4.14. The molecule has 0 bridgehead atoms. The van der Waals surface area contributed by atoms with Crippen molar-refractivity contribution in [1.29, 1.82) is 0 Å². The van der Waals surface area contributed by atoms with Crippen LogP contribution in [-0.2, 0) is 6.61 Å². The molecule has 20 heavy (non-hydrogen) atoms. The topological polar surface area (TPSA) is 56.5 Å². The van der Waals surface area contributed by atoms with Crippen molar-refractivity contribution in [2.45, 2.75) is 13.5 Å². The van der Waals surface area contributed by atoms with Gasteiger partial charge >= 0.3 is 0 Å². The molecule has 7 heteroatoms. The van der Waals surface area contributed by atoms with E-state index in [9.17, 15) is 4.79 Å². The minimum absolute atomic E-state index is 0.200. The minimum Gasteiger partial charge on any atom is -0.487 e. The van der Waals surface area contributed by atoms with Gasteiger partial charge in [-0.2, -0.15) is 9.61 Å². The maximum absolute atomic E-state index is 11.9. The van der Waals surface area contributed by atoms with Gasteiger partial charge in [0.15, 0.2) is 0 Å². The molecule has 5 nitrogen and oxygen atoms in total. The van der Waals surface area contributed by atoms with E-state index in [2.05, 4.69) is 10.1 Å². The molecule has 0 saturated heterocycles. The largest absolute Gasteiger partial charge is 0.487 e. The van der Waals surface area contributed by atoms with E-state index in [1.54, 1.807) is 24.3 Å². The fourth-order valence-corrected chi connectivity index (χ4v) is 2.61. The molecule has 1 aromatic carbocycles. The van der Waals surface area contributed by atoms with Gasteiger partial charge in [0.1, 0.15) is 17.4 Å². The Morgan fingerprint density at radius 3 is 2.85 bits per heavy atom. The van der Waals surface area contributed by atoms with E-state index in [1.165, 1.54) is 21.9 Å². The molecule has 3 rings (SSSR count). The summed E-state index contributed by atoms with van der Waals surface area (Å²) in [7, 11) is 0. The average Bonchev–Trinajstić information content (AvgIpc) is 2.79. The SMILES string of the molecule is Cc1nn2c(=O)cc(COc3ccc(Cl)cc3)nc2s1. The summed E-state index contributed by atoms with van der Waals surface area (Å²) in [4.78, 5) is 16.8. The molecule has 0 spiro atoms. The lowest BCUT2D eigenvalue weighted by Gasteiger charge is -2.05. The number of benzene rings is 1. The number of ether oxygens (including phenoxy) is 1. The molecule has 0 aliphatic rings. The maximum Gasteiger partial charge on any atom is 0.275 e. The van der Waals surface area contributed by atoms with Crippen LogP contribution in [0.25, 0.3) is 4.96 Å². The molecule has 0 radical (unpaired) electrons. The molecular formula is C13H10ClN3O2S. The van der Waals surface area contributed by atoms with Crippen LogP contribution in [0.15, 0.2) is 35.1 Å². The highest BCUT2D eigenvalue weighted by Gasteiger charge is 2.07. The summed E-state index contributed by atoms with van der Waals surface area (Å²) in [6.45, 7) is 2.06. The van der Waals surface area contributed by atoms with Gasteiger partial charge in [-0.05, 0) is 31.2 Å². The summed E-state index contributed by atoms with van der Waals surface area (Å²) in [5.74, 6) is 0.678. The van der Waals surface area contributed by atoms with E-state index in [4.69, 9.17) is 16.3 Å². The maximum atomic E-state index is 11.9. The monoisotopic (exact) mass is 307 g/mol. The lowest BCUT2D eigenvalue weighted by atomic mass is 10.3. The van der Waals surface area contributed by atoms with E-state index >= 15 is 0 Å². The van der Waals surface area contributed by atoms with Crippen LogP contribution in [0.3, 0.4) is 0 Å². The van der Waals surface area contributed by atoms with E-state index in [-0.39, 0.29) is 12.2 Å². The van der Waals surface area contributed by atoms with Crippen molar-refractivity contribution in [2.75, 3.05) is 0 Å². The first-order valence-corrected chi connectivity index (χ1v) is 7.06. The molecule has 0 unspecified atom stereocenters. The number of hydrogen-bond acceptors (Lipinski definition) is 5. The van der Waals surface area contributed by atoms with Gasteiger partial charge in [0.25, 0.3) is 5.56 Å². The Hall–Kier alpha value is -1.92. The van der Waals surface area contributed by atoms with E-state index in [0.717, 1.165) is 5.01 Å². The highest BCUT2D eigenvalue weighted by molar-refractivity contribution is 7.16. The molecule has 3 aromatic rings. The van der Waals surface area contributed by atoms with E-state index < -0.39 is 0 Å². The first-order valence-electron chi connectivity index (χ1n) is 5.86. The van der Waals surface area contributed by atoms with Gasteiger partial charge in [0.05, 0.1) is 5.69 Å². The number of nitrogens with zero attached hydrogens (tertiary/aromatic N) is 3. The Morgan fingerprint density at radius 2 is 2.10 bits per heavy atom. The van der Waals surface area contributed by atoms with Crippen LogP contribution in [0.2, 0.25) is 5.02 Å². The predicted octanol–water partition coefficient (Wildman–Crippen LogP) is 2.69. The summed E-state index contributed by atoms with van der Waals surface area (Å²) < 4.78 is 6.87. The highest BCUT2D eigenvalue weighted by Crippen LogP contribution is 2.17. The summed E-state index contributed by atoms with van der Waals surface area (Å²) in [6, 6.07) is 8.46. The first kappa shape index (κ1) is 13.1. The minimum atomic E-state index is -0.200. The molecule has 0 fully saturated rings. The van der Waals surface area contributed by atoms with Gasteiger partial charge in [-0.1, -0.05) is 22.9 Å². The van der Waals surface area contributed by atoms with Crippen molar-refractivity contribution < 1.29 is 4.74 Å². The van der Waals surface area contributed by atoms with Crippen LogP contribution in [0.5, 0.6) is 5.75 Å². The van der Waals surface area contributed by atoms with Gasteiger partial charge in [0, 0.05) is 11.1 Å². The van der Waals surface area contributed by atoms with Crippen molar-refractivity contribution in [3.63, 3.8) is 0 Å². The quantitative estimate of drug-likeness (QED) is 0.746. The van der Waals surface area contributed by atoms with Gasteiger partial charge < -0.3 is 4.74 Å². The molecule has 0 aliphatic carbocycles. The molecule has 2 aromatic heterocycles. The molecule has 0 N–H and O–H groups in total. The summed E-state index contributed by atoms with van der Waals surface area (Å²) >= 11 is 7.17. The number of halogens is 1. The van der Waals surface area contributed by atoms with E-state index in [1.807, 2.05) is 6.92 Å². The lowest BCUT2D eigenvalue weighted by Crippen LogP contribution is -2.16. The lowest BCUT2D eigenvalue weighted by molar-refractivity contribution is 0.301. The molecular weight excluding hydrogens is 298 g/mol. The van der Waals surface area contributed by atoms with Crippen molar-refractivity contribution in [2.24, 2.45) is 0 Å². The molecule has 102 valence electrons. The Morgan fingerprint density at radius 1 is 1.35 bits per heavy atom. The second-order valence-corrected chi connectivity index (χ2v) is 5.74. The third-order valence-corrected chi connectivity index (χ3v) is 3.68. The molecule has 0 aliphatic heterocycles. The fourth-order valence-electron chi connectivity index (χ4n) is 1.71. The number of aryl methyl sites for hydroxylation is 1. The van der Waals surface area contributed by atoms with Gasteiger partial charge in [-0.25, -0.2) is 4.98 Å². The van der Waals surface area contributed by atoms with Gasteiger partial charge in [-0.15, -0.1) is 0 Å².